The number of hydrogen-bond donors (Lipinski definition) is 1. The molecule has 3 aromatic rings. The molecule has 0 spiro atoms. The molecule has 1 amide bonds. The van der Waals surface area contributed by atoms with E-state index in [0.717, 1.165) is 5.56 Å². The Morgan fingerprint density at radius 1 is 1.10 bits per heavy atom. The van der Waals surface area contributed by atoms with E-state index >= 15 is 0 Å². The van der Waals surface area contributed by atoms with Crippen molar-refractivity contribution in [2.75, 3.05) is 0 Å². The summed E-state index contributed by atoms with van der Waals surface area (Å²) in [5.41, 5.74) is 1.53. The van der Waals surface area contributed by atoms with Crippen LogP contribution in [-0.4, -0.2) is 27.0 Å². The Bertz CT molecular complexity index is 1330. The molecule has 0 fully saturated rings. The zero-order valence-electron chi connectivity index (χ0n) is 15.7. The number of benzene rings is 2. The first-order chi connectivity index (χ1) is 15.0. The molecule has 0 bridgehead atoms. The van der Waals surface area contributed by atoms with E-state index in [4.69, 9.17) is 21.4 Å². The minimum atomic E-state index is -0.545. The van der Waals surface area contributed by atoms with Gasteiger partial charge in [-0.3, -0.25) is 10.2 Å². The van der Waals surface area contributed by atoms with Gasteiger partial charge in [-0.2, -0.15) is 15.1 Å². The van der Waals surface area contributed by atoms with Gasteiger partial charge in [0.25, 0.3) is 5.91 Å². The lowest BCUT2D eigenvalue weighted by atomic mass is 10.1. The summed E-state index contributed by atoms with van der Waals surface area (Å²) in [5.74, 6) is -0.351. The topological polar surface area (TPSA) is 82.0 Å². The molecule has 5 rings (SSSR count). The van der Waals surface area contributed by atoms with Crippen LogP contribution in [0.1, 0.15) is 11.3 Å². The van der Waals surface area contributed by atoms with Crippen LogP contribution in [0.25, 0.3) is 17.4 Å². The van der Waals surface area contributed by atoms with Crippen LogP contribution in [0.15, 0.2) is 80.7 Å². The molecule has 2 aromatic carbocycles. The van der Waals surface area contributed by atoms with Gasteiger partial charge in [-0.1, -0.05) is 41.9 Å². The van der Waals surface area contributed by atoms with Crippen molar-refractivity contribution >= 4 is 51.4 Å². The Morgan fingerprint density at radius 2 is 1.90 bits per heavy atom. The fourth-order valence-corrected chi connectivity index (χ4v) is 4.14. The third-order valence-electron chi connectivity index (χ3n) is 4.59. The van der Waals surface area contributed by atoms with Gasteiger partial charge in [0.2, 0.25) is 5.17 Å². The average Bonchev–Trinajstić information content (AvgIpc) is 3.41. The first kappa shape index (κ1) is 19.5. The standard InChI is InChI=1S/C22H12ClFN4O2S/c23-16-10-13(6-8-17(16)24)18-9-7-14(30-18)11-15-19(25)28-22(26-20(15)29)31-21(27-28)12-4-2-1-3-5-12/h1-11,25H. The van der Waals surface area contributed by atoms with Gasteiger partial charge in [0, 0.05) is 11.1 Å². The lowest BCUT2D eigenvalue weighted by molar-refractivity contribution is -0.114. The maximum Gasteiger partial charge on any atom is 0.283 e. The van der Waals surface area contributed by atoms with E-state index in [-0.39, 0.29) is 16.4 Å². The predicted molar refractivity (Wildman–Crippen MR) is 120 cm³/mol. The summed E-state index contributed by atoms with van der Waals surface area (Å²) in [4.78, 5) is 16.6. The number of carbonyl (C=O) groups is 1. The van der Waals surface area contributed by atoms with Crippen LogP contribution in [0.5, 0.6) is 0 Å². The van der Waals surface area contributed by atoms with Gasteiger partial charge in [-0.15, -0.1) is 0 Å². The third kappa shape index (κ3) is 3.60. The van der Waals surface area contributed by atoms with Gasteiger partial charge >= 0.3 is 0 Å². The molecule has 2 aliphatic rings. The van der Waals surface area contributed by atoms with Crippen molar-refractivity contribution in [2.24, 2.45) is 10.1 Å². The highest BCUT2D eigenvalue weighted by Crippen LogP contribution is 2.32. The number of nitrogens with zero attached hydrogens (tertiary/aromatic N) is 3. The molecule has 0 aliphatic carbocycles. The summed E-state index contributed by atoms with van der Waals surface area (Å²) in [5, 5.41) is 15.2. The molecule has 0 unspecified atom stereocenters. The molecule has 3 heterocycles. The summed E-state index contributed by atoms with van der Waals surface area (Å²) >= 11 is 7.07. The van der Waals surface area contributed by atoms with Crippen LogP contribution < -0.4 is 0 Å². The molecular weight excluding hydrogens is 439 g/mol. The van der Waals surface area contributed by atoms with Gasteiger partial charge in [0.15, 0.2) is 5.84 Å². The number of hydrogen-bond acceptors (Lipinski definition) is 5. The van der Waals surface area contributed by atoms with Gasteiger partial charge < -0.3 is 4.42 Å². The van der Waals surface area contributed by atoms with Crippen molar-refractivity contribution in [3.05, 3.63) is 88.4 Å². The second-order valence-corrected chi connectivity index (χ2v) is 7.99. The van der Waals surface area contributed by atoms with E-state index < -0.39 is 11.7 Å². The first-order valence-corrected chi connectivity index (χ1v) is 10.3. The Balaban J connectivity index is 1.45. The summed E-state index contributed by atoms with van der Waals surface area (Å²) in [6.07, 6.45) is 1.44. The van der Waals surface area contributed by atoms with E-state index in [1.165, 1.54) is 35.0 Å². The molecule has 152 valence electrons. The van der Waals surface area contributed by atoms with Crippen LogP contribution in [0.3, 0.4) is 0 Å². The second-order valence-electron chi connectivity index (χ2n) is 6.62. The second kappa shape index (κ2) is 7.64. The van der Waals surface area contributed by atoms with Crippen molar-refractivity contribution in [1.29, 1.82) is 5.41 Å². The SMILES string of the molecule is N=C1C(=Cc2ccc(-c3ccc(F)c(Cl)c3)o2)C(=O)N=C2SC(c3ccccc3)=NN12. The van der Waals surface area contributed by atoms with Crippen molar-refractivity contribution in [3.8, 4) is 11.3 Å². The number of amidine groups is 2. The minimum absolute atomic E-state index is 0.0153. The number of aliphatic imine (C=N–C) groups is 1. The Morgan fingerprint density at radius 3 is 2.68 bits per heavy atom. The van der Waals surface area contributed by atoms with E-state index in [1.807, 2.05) is 30.3 Å². The maximum absolute atomic E-state index is 13.4. The molecule has 0 saturated carbocycles. The van der Waals surface area contributed by atoms with Gasteiger partial charge in [0.05, 0.1) is 10.6 Å². The Labute approximate surface area is 185 Å². The van der Waals surface area contributed by atoms with Crippen molar-refractivity contribution in [3.63, 3.8) is 0 Å². The van der Waals surface area contributed by atoms with E-state index in [1.54, 1.807) is 18.2 Å². The van der Waals surface area contributed by atoms with Crippen molar-refractivity contribution in [1.82, 2.24) is 5.01 Å². The fraction of sp³-hybridized carbons (Fsp3) is 0. The molecule has 9 heteroatoms. The van der Waals surface area contributed by atoms with Crippen LogP contribution in [0, 0.1) is 11.2 Å². The molecule has 0 atom stereocenters. The lowest BCUT2D eigenvalue weighted by Gasteiger charge is -2.19. The third-order valence-corrected chi connectivity index (χ3v) is 5.84. The maximum atomic E-state index is 13.4. The molecule has 0 saturated heterocycles. The Kier molecular flexibility index (Phi) is 4.80. The molecule has 2 aliphatic heterocycles. The number of nitrogens with one attached hydrogen (secondary N) is 1. The van der Waals surface area contributed by atoms with Gasteiger partial charge in [-0.05, 0) is 48.2 Å². The van der Waals surface area contributed by atoms with Gasteiger partial charge in [0.1, 0.15) is 22.4 Å². The van der Waals surface area contributed by atoms with Crippen molar-refractivity contribution < 1.29 is 13.6 Å². The molecule has 31 heavy (non-hydrogen) atoms. The predicted octanol–water partition coefficient (Wildman–Crippen LogP) is 5.41. The highest BCUT2D eigenvalue weighted by Gasteiger charge is 2.36. The number of fused-ring (bicyclic) bond motifs is 1. The number of furan rings is 1. The van der Waals surface area contributed by atoms with E-state index in [0.29, 0.717) is 27.3 Å². The van der Waals surface area contributed by atoms with E-state index in [9.17, 15) is 9.18 Å². The molecule has 1 aromatic heterocycles. The van der Waals surface area contributed by atoms with Gasteiger partial charge in [-0.25, -0.2) is 4.39 Å². The number of halogens is 2. The number of rotatable bonds is 3. The highest BCUT2D eigenvalue weighted by atomic mass is 35.5. The summed E-state index contributed by atoms with van der Waals surface area (Å²) in [6.45, 7) is 0. The first-order valence-electron chi connectivity index (χ1n) is 9.10. The van der Waals surface area contributed by atoms with Crippen LogP contribution in [0.4, 0.5) is 4.39 Å². The zero-order valence-corrected chi connectivity index (χ0v) is 17.2. The molecule has 6 nitrogen and oxygen atoms in total. The number of thioether (sulfide) groups is 1. The lowest BCUT2D eigenvalue weighted by Crippen LogP contribution is -2.35. The molecular formula is C22H12ClFN4O2S. The number of hydrazone groups is 1. The highest BCUT2D eigenvalue weighted by molar-refractivity contribution is 8.27. The largest absolute Gasteiger partial charge is 0.457 e. The molecule has 1 N–H and O–H groups in total. The zero-order chi connectivity index (χ0) is 21.5. The number of carbonyl (C=O) groups excluding carboxylic acids is 1. The monoisotopic (exact) mass is 450 g/mol. The number of amides is 1. The Hall–Kier alpha value is -3.49. The van der Waals surface area contributed by atoms with Crippen molar-refractivity contribution in [2.45, 2.75) is 0 Å². The van der Waals surface area contributed by atoms with E-state index in [2.05, 4.69) is 10.1 Å². The molecule has 0 radical (unpaired) electrons. The normalized spacial score (nSPS) is 17.1. The quantitative estimate of drug-likeness (QED) is 0.541. The summed E-state index contributed by atoms with van der Waals surface area (Å²) in [7, 11) is 0. The average molecular weight is 451 g/mol. The van der Waals surface area contributed by atoms with Crippen LogP contribution >= 0.6 is 23.4 Å². The van der Waals surface area contributed by atoms with Crippen LogP contribution in [-0.2, 0) is 4.79 Å². The fourth-order valence-electron chi connectivity index (χ4n) is 3.07. The smallest absolute Gasteiger partial charge is 0.283 e. The van der Waals surface area contributed by atoms with Crippen LogP contribution in [0.2, 0.25) is 5.02 Å². The summed E-state index contributed by atoms with van der Waals surface area (Å²) in [6, 6.07) is 17.1. The summed E-state index contributed by atoms with van der Waals surface area (Å²) < 4.78 is 19.1. The minimum Gasteiger partial charge on any atom is -0.457 e.